The molecular weight excluding hydrogens is 358 g/mol. The lowest BCUT2D eigenvalue weighted by Gasteiger charge is -2.18. The predicted octanol–water partition coefficient (Wildman–Crippen LogP) is 3.27. The number of carbonyl (C=O) groups is 1. The Hall–Kier alpha value is -3.35. The zero-order valence-corrected chi connectivity index (χ0v) is 15.8. The van der Waals surface area contributed by atoms with E-state index in [-0.39, 0.29) is 11.8 Å². The van der Waals surface area contributed by atoms with Gasteiger partial charge in [0.25, 0.3) is 5.89 Å². The number of amides is 1. The summed E-state index contributed by atoms with van der Waals surface area (Å²) in [5.41, 5.74) is 1.79. The third-order valence-corrected chi connectivity index (χ3v) is 4.90. The lowest BCUT2D eigenvalue weighted by atomic mass is 10.1. The maximum Gasteiger partial charge on any atom is 0.257 e. The standard InChI is InChI=1S/C21H21N3O4/c1-26-17-9-8-15(18(11-17)27-2)12-24-13-16(10-19(24)25)20-22-21(28-23-20)14-6-4-3-5-7-14/h3-9,11,16H,10,12-13H2,1-2H3. The molecule has 1 atom stereocenters. The first-order valence-electron chi connectivity index (χ1n) is 9.05. The van der Waals surface area contributed by atoms with Crippen LogP contribution in [-0.2, 0) is 11.3 Å². The minimum Gasteiger partial charge on any atom is -0.497 e. The summed E-state index contributed by atoms with van der Waals surface area (Å²) in [4.78, 5) is 18.8. The first kappa shape index (κ1) is 18.0. The number of rotatable bonds is 6. The van der Waals surface area contributed by atoms with Gasteiger partial charge >= 0.3 is 0 Å². The van der Waals surface area contributed by atoms with Gasteiger partial charge in [0.2, 0.25) is 5.91 Å². The van der Waals surface area contributed by atoms with Crippen molar-refractivity contribution in [3.05, 3.63) is 59.9 Å². The van der Waals surface area contributed by atoms with Gasteiger partial charge < -0.3 is 18.9 Å². The Morgan fingerprint density at radius 1 is 1.14 bits per heavy atom. The first-order chi connectivity index (χ1) is 13.7. The van der Waals surface area contributed by atoms with E-state index in [2.05, 4.69) is 10.1 Å². The van der Waals surface area contributed by atoms with Gasteiger partial charge in [0.1, 0.15) is 11.5 Å². The van der Waals surface area contributed by atoms with Crippen molar-refractivity contribution in [2.75, 3.05) is 20.8 Å². The van der Waals surface area contributed by atoms with Crippen LogP contribution in [0.3, 0.4) is 0 Å². The molecule has 2 heterocycles. The second-order valence-corrected chi connectivity index (χ2v) is 6.68. The Balaban J connectivity index is 1.48. The number of hydrogen-bond acceptors (Lipinski definition) is 6. The number of hydrogen-bond donors (Lipinski definition) is 0. The molecule has 1 saturated heterocycles. The second kappa shape index (κ2) is 7.72. The van der Waals surface area contributed by atoms with Crippen LogP contribution in [0, 0.1) is 0 Å². The highest BCUT2D eigenvalue weighted by Gasteiger charge is 2.34. The van der Waals surface area contributed by atoms with Crippen LogP contribution in [0.15, 0.2) is 53.1 Å². The molecule has 0 bridgehead atoms. The molecule has 0 saturated carbocycles. The Morgan fingerprint density at radius 2 is 1.96 bits per heavy atom. The van der Waals surface area contributed by atoms with Crippen LogP contribution in [0.5, 0.6) is 11.5 Å². The van der Waals surface area contributed by atoms with Crippen LogP contribution in [0.25, 0.3) is 11.5 Å². The lowest BCUT2D eigenvalue weighted by molar-refractivity contribution is -0.128. The van der Waals surface area contributed by atoms with Crippen molar-refractivity contribution in [2.45, 2.75) is 18.9 Å². The summed E-state index contributed by atoms with van der Waals surface area (Å²) >= 11 is 0. The number of methoxy groups -OCH3 is 2. The molecule has 0 N–H and O–H groups in total. The molecule has 2 aromatic carbocycles. The van der Waals surface area contributed by atoms with E-state index in [9.17, 15) is 4.79 Å². The fraction of sp³-hybridized carbons (Fsp3) is 0.286. The van der Waals surface area contributed by atoms with Crippen molar-refractivity contribution in [1.82, 2.24) is 15.0 Å². The first-order valence-corrected chi connectivity index (χ1v) is 9.05. The molecule has 1 amide bonds. The Labute approximate surface area is 162 Å². The van der Waals surface area contributed by atoms with E-state index in [1.807, 2.05) is 48.5 Å². The van der Waals surface area contributed by atoms with Gasteiger partial charge in [0.05, 0.1) is 14.2 Å². The average Bonchev–Trinajstić information content (AvgIpc) is 3.36. The molecule has 1 unspecified atom stereocenters. The van der Waals surface area contributed by atoms with Crippen molar-refractivity contribution in [3.8, 4) is 23.0 Å². The van der Waals surface area contributed by atoms with E-state index in [0.29, 0.717) is 42.7 Å². The summed E-state index contributed by atoms with van der Waals surface area (Å²) < 4.78 is 16.1. The molecule has 0 spiro atoms. The minimum atomic E-state index is -0.0852. The van der Waals surface area contributed by atoms with Gasteiger partial charge in [-0.15, -0.1) is 0 Å². The molecule has 1 fully saturated rings. The average molecular weight is 379 g/mol. The Bertz CT molecular complexity index is 971. The number of likely N-dealkylation sites (tertiary alicyclic amines) is 1. The van der Waals surface area contributed by atoms with Crippen LogP contribution in [0.2, 0.25) is 0 Å². The summed E-state index contributed by atoms with van der Waals surface area (Å²) in [5, 5.41) is 4.10. The van der Waals surface area contributed by atoms with Crippen LogP contribution in [0.1, 0.15) is 23.7 Å². The number of aromatic nitrogens is 2. The zero-order valence-electron chi connectivity index (χ0n) is 15.8. The molecule has 1 aliphatic rings. The van der Waals surface area contributed by atoms with E-state index in [1.165, 1.54) is 0 Å². The zero-order chi connectivity index (χ0) is 19.5. The number of nitrogens with zero attached hydrogens (tertiary/aromatic N) is 3. The summed E-state index contributed by atoms with van der Waals surface area (Å²) in [6.07, 6.45) is 0.367. The van der Waals surface area contributed by atoms with Crippen LogP contribution >= 0.6 is 0 Å². The third-order valence-electron chi connectivity index (χ3n) is 4.90. The van der Waals surface area contributed by atoms with E-state index < -0.39 is 0 Å². The van der Waals surface area contributed by atoms with Crippen molar-refractivity contribution in [2.24, 2.45) is 0 Å². The highest BCUT2D eigenvalue weighted by molar-refractivity contribution is 5.79. The van der Waals surface area contributed by atoms with E-state index in [4.69, 9.17) is 14.0 Å². The molecule has 3 aromatic rings. The topological polar surface area (TPSA) is 77.7 Å². The fourth-order valence-electron chi connectivity index (χ4n) is 3.38. The van der Waals surface area contributed by atoms with Gasteiger partial charge in [-0.1, -0.05) is 23.4 Å². The lowest BCUT2D eigenvalue weighted by Crippen LogP contribution is -2.24. The number of ether oxygens (including phenoxy) is 2. The van der Waals surface area contributed by atoms with E-state index in [1.54, 1.807) is 19.1 Å². The monoisotopic (exact) mass is 379 g/mol. The van der Waals surface area contributed by atoms with Gasteiger partial charge in [-0.2, -0.15) is 4.98 Å². The molecule has 1 aromatic heterocycles. The Morgan fingerprint density at radius 3 is 2.71 bits per heavy atom. The molecule has 4 rings (SSSR count). The number of benzene rings is 2. The van der Waals surface area contributed by atoms with Gasteiger partial charge in [-0.05, 0) is 24.3 Å². The van der Waals surface area contributed by atoms with E-state index >= 15 is 0 Å². The third kappa shape index (κ3) is 3.55. The van der Waals surface area contributed by atoms with Crippen molar-refractivity contribution < 1.29 is 18.8 Å². The molecule has 7 heteroatoms. The molecule has 1 aliphatic heterocycles. The van der Waals surface area contributed by atoms with E-state index in [0.717, 1.165) is 11.1 Å². The van der Waals surface area contributed by atoms with Crippen molar-refractivity contribution >= 4 is 5.91 Å². The maximum absolute atomic E-state index is 12.5. The molecule has 0 radical (unpaired) electrons. The molecule has 0 aliphatic carbocycles. The van der Waals surface area contributed by atoms with Crippen LogP contribution in [-0.4, -0.2) is 41.7 Å². The summed E-state index contributed by atoms with van der Waals surface area (Å²) in [5.74, 6) is 2.43. The summed E-state index contributed by atoms with van der Waals surface area (Å²) in [6, 6.07) is 15.2. The van der Waals surface area contributed by atoms with Crippen LogP contribution in [0.4, 0.5) is 0 Å². The molecule has 7 nitrogen and oxygen atoms in total. The van der Waals surface area contributed by atoms with Crippen molar-refractivity contribution in [1.29, 1.82) is 0 Å². The van der Waals surface area contributed by atoms with Gasteiger partial charge in [0, 0.05) is 42.6 Å². The largest absolute Gasteiger partial charge is 0.497 e. The second-order valence-electron chi connectivity index (χ2n) is 6.68. The highest BCUT2D eigenvalue weighted by Crippen LogP contribution is 2.31. The predicted molar refractivity (Wildman–Crippen MR) is 102 cm³/mol. The highest BCUT2D eigenvalue weighted by atomic mass is 16.5. The quantitative estimate of drug-likeness (QED) is 0.654. The smallest absolute Gasteiger partial charge is 0.257 e. The summed E-state index contributed by atoms with van der Waals surface area (Å²) in [7, 11) is 3.22. The van der Waals surface area contributed by atoms with Gasteiger partial charge in [-0.25, -0.2) is 0 Å². The van der Waals surface area contributed by atoms with Gasteiger partial charge in [-0.3, -0.25) is 4.79 Å². The van der Waals surface area contributed by atoms with Gasteiger partial charge in [0.15, 0.2) is 5.82 Å². The molecular formula is C21H21N3O4. The van der Waals surface area contributed by atoms with Crippen LogP contribution < -0.4 is 9.47 Å². The Kier molecular flexibility index (Phi) is 4.97. The maximum atomic E-state index is 12.5. The normalized spacial score (nSPS) is 16.4. The SMILES string of the molecule is COc1ccc(CN2CC(c3noc(-c4ccccc4)n3)CC2=O)c(OC)c1. The number of carbonyl (C=O) groups excluding carboxylic acids is 1. The van der Waals surface area contributed by atoms with Crippen molar-refractivity contribution in [3.63, 3.8) is 0 Å². The molecule has 28 heavy (non-hydrogen) atoms. The summed E-state index contributed by atoms with van der Waals surface area (Å²) in [6.45, 7) is 1.01. The fourth-order valence-corrected chi connectivity index (χ4v) is 3.38. The molecule has 144 valence electrons. The minimum absolute atomic E-state index is 0.0638.